The van der Waals surface area contributed by atoms with Gasteiger partial charge in [-0.05, 0) is 70.3 Å². The van der Waals surface area contributed by atoms with Crippen LogP contribution in [0, 0.1) is 17.8 Å². The highest BCUT2D eigenvalue weighted by Crippen LogP contribution is 2.35. The Hall–Kier alpha value is -2.30. The molecule has 0 saturated heterocycles. The Morgan fingerprint density at radius 2 is 1.81 bits per heavy atom. The van der Waals surface area contributed by atoms with Crippen molar-refractivity contribution in [3.63, 3.8) is 0 Å². The largest absolute Gasteiger partial charge is 0.459 e. The molecule has 5 heteroatoms. The molecular formula is C27H41NO4. The number of hydrogen-bond acceptors (Lipinski definition) is 4. The van der Waals surface area contributed by atoms with Crippen molar-refractivity contribution in [1.82, 2.24) is 5.32 Å². The summed E-state index contributed by atoms with van der Waals surface area (Å²) >= 11 is 0. The molecule has 1 aromatic rings. The Balaban J connectivity index is 2.13. The molecule has 0 aromatic heterocycles. The Bertz CT molecular complexity index is 779. The van der Waals surface area contributed by atoms with Crippen LogP contribution in [0.4, 0.5) is 4.79 Å². The third kappa shape index (κ3) is 8.68. The van der Waals surface area contributed by atoms with Gasteiger partial charge in [-0.25, -0.2) is 9.59 Å². The SMILES string of the molecule is CC(=C[C@H](Cc1ccccc1)NC(=O)OC(C)(C)C)C(=O)O[C@@H]1C[C@H](C)CC[C@H]1C(C)C. The van der Waals surface area contributed by atoms with E-state index in [0.29, 0.717) is 29.7 Å². The number of rotatable bonds is 7. The molecule has 0 heterocycles. The highest BCUT2D eigenvalue weighted by atomic mass is 16.6. The highest BCUT2D eigenvalue weighted by Gasteiger charge is 2.33. The molecule has 0 radical (unpaired) electrons. The molecule has 1 N–H and O–H groups in total. The number of carbonyl (C=O) groups excluding carboxylic acids is 2. The summed E-state index contributed by atoms with van der Waals surface area (Å²) in [5, 5.41) is 2.90. The van der Waals surface area contributed by atoms with Crippen molar-refractivity contribution in [3.8, 4) is 0 Å². The van der Waals surface area contributed by atoms with Crippen LogP contribution >= 0.6 is 0 Å². The molecule has 32 heavy (non-hydrogen) atoms. The van der Waals surface area contributed by atoms with Crippen LogP contribution in [-0.2, 0) is 20.7 Å². The third-order valence-corrected chi connectivity index (χ3v) is 5.99. The molecule has 4 atom stereocenters. The molecule has 1 amide bonds. The summed E-state index contributed by atoms with van der Waals surface area (Å²) < 4.78 is 11.4. The van der Waals surface area contributed by atoms with Gasteiger partial charge in [-0.2, -0.15) is 0 Å². The van der Waals surface area contributed by atoms with E-state index in [2.05, 4.69) is 26.1 Å². The summed E-state index contributed by atoms with van der Waals surface area (Å²) in [6.07, 6.45) is 4.97. The fraction of sp³-hybridized carbons (Fsp3) is 0.630. The van der Waals surface area contributed by atoms with Crippen molar-refractivity contribution >= 4 is 12.1 Å². The van der Waals surface area contributed by atoms with Crippen molar-refractivity contribution in [2.24, 2.45) is 17.8 Å². The number of ether oxygens (including phenoxy) is 2. The van der Waals surface area contributed by atoms with E-state index >= 15 is 0 Å². The lowest BCUT2D eigenvalue weighted by atomic mass is 9.75. The normalized spacial score (nSPS) is 22.9. The Morgan fingerprint density at radius 1 is 1.16 bits per heavy atom. The van der Waals surface area contributed by atoms with Crippen LogP contribution in [-0.4, -0.2) is 29.8 Å². The maximum atomic E-state index is 13.0. The van der Waals surface area contributed by atoms with E-state index in [4.69, 9.17) is 9.47 Å². The van der Waals surface area contributed by atoms with Crippen molar-refractivity contribution in [1.29, 1.82) is 0 Å². The van der Waals surface area contributed by atoms with Gasteiger partial charge in [0.15, 0.2) is 0 Å². The minimum atomic E-state index is -0.595. The first-order valence-electron chi connectivity index (χ1n) is 11.9. The van der Waals surface area contributed by atoms with Crippen LogP contribution in [0.5, 0.6) is 0 Å². The monoisotopic (exact) mass is 443 g/mol. The second kappa shape index (κ2) is 11.5. The molecule has 1 saturated carbocycles. The summed E-state index contributed by atoms with van der Waals surface area (Å²) in [4.78, 5) is 25.4. The van der Waals surface area contributed by atoms with Crippen LogP contribution in [0.2, 0.25) is 0 Å². The van der Waals surface area contributed by atoms with Crippen molar-refractivity contribution in [2.45, 2.75) is 91.9 Å². The number of benzene rings is 1. The van der Waals surface area contributed by atoms with Gasteiger partial charge in [0.25, 0.3) is 0 Å². The predicted octanol–water partition coefficient (Wildman–Crippen LogP) is 6.07. The van der Waals surface area contributed by atoms with E-state index in [9.17, 15) is 9.59 Å². The fourth-order valence-electron chi connectivity index (χ4n) is 4.33. The Morgan fingerprint density at radius 3 is 2.41 bits per heavy atom. The van der Waals surface area contributed by atoms with Gasteiger partial charge in [0.2, 0.25) is 0 Å². The summed E-state index contributed by atoms with van der Waals surface area (Å²) in [7, 11) is 0. The fourth-order valence-corrected chi connectivity index (χ4v) is 4.33. The van der Waals surface area contributed by atoms with Crippen LogP contribution in [0.25, 0.3) is 0 Å². The van der Waals surface area contributed by atoms with Crippen molar-refractivity contribution in [2.75, 3.05) is 0 Å². The van der Waals surface area contributed by atoms with Crippen LogP contribution in [0.3, 0.4) is 0 Å². The molecule has 178 valence electrons. The van der Waals surface area contributed by atoms with E-state index in [1.54, 1.807) is 13.0 Å². The van der Waals surface area contributed by atoms with Gasteiger partial charge in [0, 0.05) is 5.57 Å². The lowest BCUT2D eigenvalue weighted by Crippen LogP contribution is -2.40. The minimum absolute atomic E-state index is 0.0546. The minimum Gasteiger partial charge on any atom is -0.459 e. The molecule has 2 rings (SSSR count). The molecular weight excluding hydrogens is 402 g/mol. The lowest BCUT2D eigenvalue weighted by molar-refractivity contribution is -0.151. The molecule has 0 unspecified atom stereocenters. The van der Waals surface area contributed by atoms with E-state index in [1.165, 1.54) is 6.42 Å². The van der Waals surface area contributed by atoms with Gasteiger partial charge in [-0.15, -0.1) is 0 Å². The second-order valence-corrected chi connectivity index (χ2v) is 10.6. The number of hydrogen-bond donors (Lipinski definition) is 1. The molecule has 1 fully saturated rings. The summed E-state index contributed by atoms with van der Waals surface area (Å²) in [5.41, 5.74) is 0.970. The average Bonchev–Trinajstić information content (AvgIpc) is 2.66. The van der Waals surface area contributed by atoms with Gasteiger partial charge in [0.05, 0.1) is 6.04 Å². The number of amides is 1. The zero-order valence-corrected chi connectivity index (χ0v) is 20.8. The Labute approximate surface area is 193 Å². The second-order valence-electron chi connectivity index (χ2n) is 10.6. The maximum absolute atomic E-state index is 13.0. The maximum Gasteiger partial charge on any atom is 0.408 e. The summed E-state index contributed by atoms with van der Waals surface area (Å²) in [6.45, 7) is 13.9. The molecule has 0 bridgehead atoms. The number of carbonyl (C=O) groups is 2. The van der Waals surface area contributed by atoms with E-state index in [0.717, 1.165) is 18.4 Å². The van der Waals surface area contributed by atoms with Gasteiger partial charge < -0.3 is 14.8 Å². The Kier molecular flexibility index (Phi) is 9.35. The molecule has 0 aliphatic heterocycles. The smallest absolute Gasteiger partial charge is 0.408 e. The van der Waals surface area contributed by atoms with E-state index in [1.807, 2.05) is 51.1 Å². The van der Waals surface area contributed by atoms with Crippen LogP contribution in [0.1, 0.15) is 73.3 Å². The molecule has 1 aliphatic rings. The summed E-state index contributed by atoms with van der Waals surface area (Å²) in [6, 6.07) is 9.49. The van der Waals surface area contributed by atoms with Crippen LogP contribution < -0.4 is 5.32 Å². The van der Waals surface area contributed by atoms with Crippen LogP contribution in [0.15, 0.2) is 42.0 Å². The first-order valence-corrected chi connectivity index (χ1v) is 11.9. The van der Waals surface area contributed by atoms with E-state index < -0.39 is 11.7 Å². The first-order chi connectivity index (χ1) is 14.9. The number of nitrogens with one attached hydrogen (secondary N) is 1. The zero-order chi connectivity index (χ0) is 23.9. The van der Waals surface area contributed by atoms with Gasteiger partial charge in [-0.3, -0.25) is 0 Å². The molecule has 1 aromatic carbocycles. The number of esters is 1. The van der Waals surface area contributed by atoms with E-state index in [-0.39, 0.29) is 18.1 Å². The topological polar surface area (TPSA) is 64.6 Å². The predicted molar refractivity (Wildman–Crippen MR) is 128 cm³/mol. The number of alkyl carbamates (subject to hydrolysis) is 1. The molecule has 5 nitrogen and oxygen atoms in total. The highest BCUT2D eigenvalue weighted by molar-refractivity contribution is 5.88. The first kappa shape index (κ1) is 26.0. The van der Waals surface area contributed by atoms with Crippen molar-refractivity contribution in [3.05, 3.63) is 47.5 Å². The van der Waals surface area contributed by atoms with Gasteiger partial charge in [0.1, 0.15) is 11.7 Å². The lowest BCUT2D eigenvalue weighted by Gasteiger charge is -2.36. The third-order valence-electron chi connectivity index (χ3n) is 5.99. The molecule has 1 aliphatic carbocycles. The molecule has 0 spiro atoms. The quantitative estimate of drug-likeness (QED) is 0.410. The van der Waals surface area contributed by atoms with Gasteiger partial charge in [-0.1, -0.05) is 63.6 Å². The average molecular weight is 444 g/mol. The van der Waals surface area contributed by atoms with Gasteiger partial charge >= 0.3 is 12.1 Å². The zero-order valence-electron chi connectivity index (χ0n) is 20.8. The van der Waals surface area contributed by atoms with Crippen molar-refractivity contribution < 1.29 is 19.1 Å². The standard InChI is InChI=1S/C27H41NO4/c1-18(2)23-14-13-19(3)15-24(23)31-25(29)20(4)16-22(17-21-11-9-8-10-12-21)28-26(30)32-27(5,6)7/h8-12,16,18-19,22-24H,13-15,17H2,1-7H3,(H,28,30)/t19-,22-,23+,24-/m1/s1. The summed E-state index contributed by atoms with van der Waals surface area (Å²) in [5.74, 6) is 1.12.